The molecule has 0 aliphatic carbocycles. The van der Waals surface area contributed by atoms with Crippen LogP contribution in [0.5, 0.6) is 0 Å². The van der Waals surface area contributed by atoms with Crippen LogP contribution in [0.25, 0.3) is 22.4 Å². The summed E-state index contributed by atoms with van der Waals surface area (Å²) in [6.45, 7) is 8.59. The van der Waals surface area contributed by atoms with Crippen LogP contribution >= 0.6 is 11.3 Å². The normalized spacial score (nSPS) is 11.9. The Labute approximate surface area is 280 Å². The molecule has 9 nitrogen and oxygen atoms in total. The molecule has 0 atom stereocenters. The summed E-state index contributed by atoms with van der Waals surface area (Å²) in [5.41, 5.74) is 1.18. The average molecular weight is 683 g/mol. The van der Waals surface area contributed by atoms with Crippen LogP contribution in [0.1, 0.15) is 61.7 Å². The Morgan fingerprint density at radius 1 is 0.854 bits per heavy atom. The number of ether oxygens (including phenoxy) is 1. The number of carbonyl (C=O) groups excluding carboxylic acids is 3. The largest absolute Gasteiger partial charge is 0.444 e. The third kappa shape index (κ3) is 9.88. The molecule has 254 valence electrons. The van der Waals surface area contributed by atoms with Crippen molar-refractivity contribution < 1.29 is 37.4 Å². The zero-order chi connectivity index (χ0) is 35.3. The molecule has 0 bridgehead atoms. The van der Waals surface area contributed by atoms with Crippen LogP contribution < -0.4 is 16.0 Å². The number of halogens is 3. The second-order valence-electron chi connectivity index (χ2n) is 12.7. The summed E-state index contributed by atoms with van der Waals surface area (Å²) in [4.78, 5) is 42.1. The number of carbonyl (C=O) groups is 3. The lowest BCUT2D eigenvalue weighted by Gasteiger charge is -2.27. The van der Waals surface area contributed by atoms with E-state index in [1.165, 1.54) is 6.07 Å². The smallest absolute Gasteiger partial charge is 0.416 e. The molecule has 4 rings (SSSR count). The second-order valence-corrected chi connectivity index (χ2v) is 13.6. The molecule has 48 heavy (non-hydrogen) atoms. The van der Waals surface area contributed by atoms with Gasteiger partial charge in [0.15, 0.2) is 5.13 Å². The first-order valence-electron chi connectivity index (χ1n) is 15.0. The van der Waals surface area contributed by atoms with E-state index in [9.17, 15) is 32.7 Å². The number of nitrogens with zero attached hydrogens (tertiary/aromatic N) is 1. The quantitative estimate of drug-likeness (QED) is 0.141. The average Bonchev–Trinajstić information content (AvgIpc) is 3.49. The van der Waals surface area contributed by atoms with Crippen LogP contribution in [-0.4, -0.2) is 46.7 Å². The van der Waals surface area contributed by atoms with Gasteiger partial charge in [0.2, 0.25) is 5.91 Å². The van der Waals surface area contributed by atoms with Gasteiger partial charge in [0.1, 0.15) is 5.60 Å². The van der Waals surface area contributed by atoms with E-state index in [0.29, 0.717) is 27.9 Å². The van der Waals surface area contributed by atoms with Crippen molar-refractivity contribution in [1.29, 1.82) is 0 Å². The van der Waals surface area contributed by atoms with E-state index in [-0.39, 0.29) is 23.8 Å². The first-order valence-corrected chi connectivity index (χ1v) is 15.9. The van der Waals surface area contributed by atoms with Crippen molar-refractivity contribution in [1.82, 2.24) is 15.6 Å². The lowest BCUT2D eigenvalue weighted by molar-refractivity contribution is -0.137. The minimum Gasteiger partial charge on any atom is -0.444 e. The number of aliphatic hydroxyl groups excluding tert-OH is 1. The molecule has 1 heterocycles. The van der Waals surface area contributed by atoms with Crippen molar-refractivity contribution >= 4 is 34.4 Å². The van der Waals surface area contributed by atoms with Gasteiger partial charge in [0.05, 0.1) is 24.4 Å². The lowest BCUT2D eigenvalue weighted by atomic mass is 9.84. The fourth-order valence-electron chi connectivity index (χ4n) is 4.65. The van der Waals surface area contributed by atoms with Crippen molar-refractivity contribution in [2.75, 3.05) is 18.4 Å². The minimum atomic E-state index is -4.57. The number of nitrogens with one attached hydrogen (secondary N) is 3. The molecular weight excluding hydrogens is 645 g/mol. The number of rotatable bonds is 10. The minimum absolute atomic E-state index is 0.139. The molecule has 3 amide bonds. The van der Waals surface area contributed by atoms with Gasteiger partial charge in [-0.1, -0.05) is 44.2 Å². The van der Waals surface area contributed by atoms with Gasteiger partial charge >= 0.3 is 12.3 Å². The Balaban J connectivity index is 1.36. The number of aromatic nitrogens is 1. The van der Waals surface area contributed by atoms with Gasteiger partial charge in [0, 0.05) is 28.5 Å². The maximum absolute atomic E-state index is 13.4. The molecule has 3 aromatic carbocycles. The third-order valence-corrected chi connectivity index (χ3v) is 7.89. The summed E-state index contributed by atoms with van der Waals surface area (Å²) in [5, 5.41) is 19.5. The number of benzene rings is 3. The highest BCUT2D eigenvalue weighted by molar-refractivity contribution is 7.14. The standard InChI is InChI=1S/C35H37F3N4O5S/c1-33(2,3)47-32(46)40-20-34(4,5)26-11-7-10-24(15-26)30(45)39-17-29(44)42-31-41-28(19-48-31)23-9-6-8-22(14-23)25-12-21(18-43)13-27(16-25)35(36,37)38/h6-16,19,43H,17-18,20H2,1-5H3,(H,39,45)(H,40,46)(H,41,42,44). The Kier molecular flexibility index (Phi) is 11.0. The van der Waals surface area contributed by atoms with E-state index < -0.39 is 47.3 Å². The zero-order valence-electron chi connectivity index (χ0n) is 27.1. The van der Waals surface area contributed by atoms with Crippen LogP contribution in [0, 0.1) is 0 Å². The highest BCUT2D eigenvalue weighted by Gasteiger charge is 2.31. The number of aliphatic hydroxyl groups is 1. The molecule has 1 aromatic heterocycles. The fourth-order valence-corrected chi connectivity index (χ4v) is 5.39. The van der Waals surface area contributed by atoms with Gasteiger partial charge < -0.3 is 25.8 Å². The van der Waals surface area contributed by atoms with Crippen LogP contribution in [-0.2, 0) is 27.7 Å². The summed E-state index contributed by atoms with van der Waals surface area (Å²) in [7, 11) is 0. The van der Waals surface area contributed by atoms with Crippen molar-refractivity contribution in [3.63, 3.8) is 0 Å². The summed E-state index contributed by atoms with van der Waals surface area (Å²) < 4.78 is 45.6. The molecule has 0 saturated heterocycles. The lowest BCUT2D eigenvalue weighted by Crippen LogP contribution is -2.40. The van der Waals surface area contributed by atoms with Crippen molar-refractivity contribution in [3.05, 3.63) is 94.4 Å². The summed E-state index contributed by atoms with van der Waals surface area (Å²) in [6.07, 6.45) is -5.11. The van der Waals surface area contributed by atoms with E-state index in [4.69, 9.17) is 4.74 Å². The van der Waals surface area contributed by atoms with Crippen LogP contribution in [0.2, 0.25) is 0 Å². The summed E-state index contributed by atoms with van der Waals surface area (Å²) >= 11 is 1.15. The Bertz CT molecular complexity index is 1800. The number of hydrogen-bond acceptors (Lipinski definition) is 7. The van der Waals surface area contributed by atoms with Crippen molar-refractivity contribution in [2.24, 2.45) is 0 Å². The fraction of sp³-hybridized carbons (Fsp3) is 0.314. The second kappa shape index (κ2) is 14.6. The topological polar surface area (TPSA) is 130 Å². The molecule has 0 spiro atoms. The van der Waals surface area contributed by atoms with Crippen molar-refractivity contribution in [3.8, 4) is 22.4 Å². The van der Waals surface area contributed by atoms with Crippen LogP contribution in [0.4, 0.5) is 23.1 Å². The maximum Gasteiger partial charge on any atom is 0.416 e. The van der Waals surface area contributed by atoms with Crippen molar-refractivity contribution in [2.45, 2.75) is 58.4 Å². The monoisotopic (exact) mass is 682 g/mol. The molecule has 0 aliphatic heterocycles. The van der Waals surface area contributed by atoms with Crippen LogP contribution in [0.15, 0.2) is 72.1 Å². The SMILES string of the molecule is CC(C)(C)OC(=O)NCC(C)(C)c1cccc(C(=O)NCC(=O)Nc2nc(-c3cccc(-c4cc(CO)cc(C(F)(F)F)c4)c3)cs2)c1. The molecule has 4 aromatic rings. The first-order chi connectivity index (χ1) is 22.4. The highest BCUT2D eigenvalue weighted by Crippen LogP contribution is 2.35. The molecule has 0 radical (unpaired) electrons. The van der Waals surface area contributed by atoms with E-state index >= 15 is 0 Å². The van der Waals surface area contributed by atoms with E-state index in [0.717, 1.165) is 29.0 Å². The van der Waals surface area contributed by atoms with E-state index in [2.05, 4.69) is 20.9 Å². The van der Waals surface area contributed by atoms with E-state index in [1.807, 2.05) is 19.9 Å². The predicted molar refractivity (Wildman–Crippen MR) is 179 cm³/mol. The van der Waals surface area contributed by atoms with Gasteiger partial charge in [-0.05, 0) is 79.4 Å². The third-order valence-electron chi connectivity index (χ3n) is 7.13. The Morgan fingerprint density at radius 3 is 2.25 bits per heavy atom. The Morgan fingerprint density at radius 2 is 1.56 bits per heavy atom. The number of hydrogen-bond donors (Lipinski definition) is 4. The highest BCUT2D eigenvalue weighted by atomic mass is 32.1. The van der Waals surface area contributed by atoms with Crippen LogP contribution in [0.3, 0.4) is 0 Å². The predicted octanol–water partition coefficient (Wildman–Crippen LogP) is 7.16. The molecule has 0 saturated carbocycles. The summed E-state index contributed by atoms with van der Waals surface area (Å²) in [5.74, 6) is -0.963. The van der Waals surface area contributed by atoms with E-state index in [1.54, 1.807) is 68.6 Å². The molecular formula is C35H37F3N4O5S. The molecule has 0 aliphatic rings. The number of alkyl halides is 3. The molecule has 0 fully saturated rings. The number of anilines is 1. The summed E-state index contributed by atoms with van der Waals surface area (Å²) in [6, 6.07) is 17.1. The molecule has 4 N–H and O–H groups in total. The Hall–Kier alpha value is -4.75. The van der Waals surface area contributed by atoms with Gasteiger partial charge in [-0.15, -0.1) is 11.3 Å². The molecule has 0 unspecified atom stereocenters. The van der Waals surface area contributed by atoms with Gasteiger partial charge in [-0.3, -0.25) is 9.59 Å². The molecule has 13 heteroatoms. The number of alkyl carbamates (subject to hydrolysis) is 1. The van der Waals surface area contributed by atoms with Gasteiger partial charge in [-0.25, -0.2) is 9.78 Å². The van der Waals surface area contributed by atoms with Gasteiger partial charge in [-0.2, -0.15) is 13.2 Å². The van der Waals surface area contributed by atoms with Gasteiger partial charge in [0.25, 0.3) is 5.91 Å². The maximum atomic E-state index is 13.4. The number of thiazole rings is 1. The zero-order valence-corrected chi connectivity index (χ0v) is 27.9. The number of amides is 3. The first kappa shape index (κ1) is 36.1.